The Labute approximate surface area is 139 Å². The van der Waals surface area contributed by atoms with E-state index in [2.05, 4.69) is 37.9 Å². The predicted octanol–water partition coefficient (Wildman–Crippen LogP) is 1.99. The van der Waals surface area contributed by atoms with Crippen LogP contribution in [0.15, 0.2) is 24.3 Å². The molecular formula is C18H29N3O2. The molecule has 1 unspecified atom stereocenters. The molecule has 0 aromatic heterocycles. The molecule has 5 nitrogen and oxygen atoms in total. The SMILES string of the molecule is CCN(C(C(=O)N1CCNCC1)c1ccc(O)cc1)C(C)(C)C. The summed E-state index contributed by atoms with van der Waals surface area (Å²) in [5.41, 5.74) is 0.809. The highest BCUT2D eigenvalue weighted by atomic mass is 16.3. The Morgan fingerprint density at radius 2 is 1.83 bits per heavy atom. The Balaban J connectivity index is 2.37. The molecule has 0 saturated carbocycles. The van der Waals surface area contributed by atoms with Crippen LogP contribution in [0.25, 0.3) is 0 Å². The highest BCUT2D eigenvalue weighted by molar-refractivity contribution is 5.83. The van der Waals surface area contributed by atoms with Gasteiger partial charge in [0.05, 0.1) is 0 Å². The lowest BCUT2D eigenvalue weighted by molar-refractivity contribution is -0.140. The fraction of sp³-hybridized carbons (Fsp3) is 0.611. The molecular weight excluding hydrogens is 290 g/mol. The number of carbonyl (C=O) groups is 1. The second-order valence-corrected chi connectivity index (χ2v) is 7.03. The van der Waals surface area contributed by atoms with Gasteiger partial charge in [0.25, 0.3) is 0 Å². The van der Waals surface area contributed by atoms with Crippen LogP contribution in [0.5, 0.6) is 5.75 Å². The van der Waals surface area contributed by atoms with Gasteiger partial charge in [-0.25, -0.2) is 0 Å². The Kier molecular flexibility index (Phi) is 5.65. The van der Waals surface area contributed by atoms with Crippen LogP contribution >= 0.6 is 0 Å². The van der Waals surface area contributed by atoms with Gasteiger partial charge in [-0.3, -0.25) is 9.69 Å². The second kappa shape index (κ2) is 7.32. The van der Waals surface area contributed by atoms with Crippen LogP contribution in [0, 0.1) is 0 Å². The number of piperazine rings is 1. The molecule has 2 rings (SSSR count). The van der Waals surface area contributed by atoms with Gasteiger partial charge in [-0.1, -0.05) is 19.1 Å². The summed E-state index contributed by atoms with van der Waals surface area (Å²) < 4.78 is 0. The number of amides is 1. The van der Waals surface area contributed by atoms with E-state index in [0.29, 0.717) is 0 Å². The summed E-state index contributed by atoms with van der Waals surface area (Å²) in [6.07, 6.45) is 0. The number of likely N-dealkylation sites (N-methyl/N-ethyl adjacent to an activating group) is 1. The van der Waals surface area contributed by atoms with Gasteiger partial charge in [-0.05, 0) is 45.0 Å². The summed E-state index contributed by atoms with van der Waals surface area (Å²) >= 11 is 0. The third-order valence-corrected chi connectivity index (χ3v) is 4.39. The van der Waals surface area contributed by atoms with Crippen LogP contribution in [-0.4, -0.2) is 59.1 Å². The van der Waals surface area contributed by atoms with Crippen LogP contribution in [0.1, 0.15) is 39.3 Å². The van der Waals surface area contributed by atoms with Crippen LogP contribution in [0.4, 0.5) is 0 Å². The van der Waals surface area contributed by atoms with E-state index in [-0.39, 0.29) is 23.2 Å². The van der Waals surface area contributed by atoms with E-state index in [4.69, 9.17) is 0 Å². The van der Waals surface area contributed by atoms with Crippen LogP contribution < -0.4 is 5.32 Å². The monoisotopic (exact) mass is 319 g/mol. The largest absolute Gasteiger partial charge is 0.508 e. The molecule has 5 heteroatoms. The quantitative estimate of drug-likeness (QED) is 0.891. The normalized spacial score (nSPS) is 17.3. The number of phenols is 1. The first kappa shape index (κ1) is 17.8. The number of carbonyl (C=O) groups excluding carboxylic acids is 1. The van der Waals surface area contributed by atoms with E-state index in [9.17, 15) is 9.90 Å². The van der Waals surface area contributed by atoms with Crippen molar-refractivity contribution >= 4 is 5.91 Å². The van der Waals surface area contributed by atoms with E-state index >= 15 is 0 Å². The summed E-state index contributed by atoms with van der Waals surface area (Å²) in [6.45, 7) is 12.4. The van der Waals surface area contributed by atoms with Gasteiger partial charge in [0, 0.05) is 31.7 Å². The minimum Gasteiger partial charge on any atom is -0.508 e. The average molecular weight is 319 g/mol. The van der Waals surface area contributed by atoms with Crippen LogP contribution in [0.2, 0.25) is 0 Å². The topological polar surface area (TPSA) is 55.8 Å². The van der Waals surface area contributed by atoms with Crippen molar-refractivity contribution in [2.45, 2.75) is 39.3 Å². The summed E-state index contributed by atoms with van der Waals surface area (Å²) in [4.78, 5) is 17.4. The molecule has 1 fully saturated rings. The molecule has 1 aromatic rings. The number of benzene rings is 1. The lowest BCUT2D eigenvalue weighted by Gasteiger charge is -2.43. The molecule has 0 radical (unpaired) electrons. The zero-order valence-corrected chi connectivity index (χ0v) is 14.7. The number of rotatable bonds is 4. The first-order valence-corrected chi connectivity index (χ1v) is 8.39. The average Bonchev–Trinajstić information content (AvgIpc) is 2.52. The summed E-state index contributed by atoms with van der Waals surface area (Å²) in [5.74, 6) is 0.370. The van der Waals surface area contributed by atoms with E-state index < -0.39 is 0 Å². The fourth-order valence-electron chi connectivity index (χ4n) is 3.21. The highest BCUT2D eigenvalue weighted by Crippen LogP contribution is 2.30. The lowest BCUT2D eigenvalue weighted by Crippen LogP contribution is -2.54. The first-order chi connectivity index (χ1) is 10.8. The predicted molar refractivity (Wildman–Crippen MR) is 92.4 cm³/mol. The molecule has 1 amide bonds. The summed E-state index contributed by atoms with van der Waals surface area (Å²) in [7, 11) is 0. The van der Waals surface area contributed by atoms with Crippen molar-refractivity contribution in [2.75, 3.05) is 32.7 Å². The standard InChI is InChI=1S/C18H29N3O2/c1-5-21(18(2,3)4)16(14-6-8-15(22)9-7-14)17(23)20-12-10-19-11-13-20/h6-9,16,19,22H,5,10-13H2,1-4H3. The maximum Gasteiger partial charge on any atom is 0.244 e. The van der Waals surface area contributed by atoms with Gasteiger partial charge in [0.15, 0.2) is 0 Å². The Morgan fingerprint density at radius 1 is 1.26 bits per heavy atom. The van der Waals surface area contributed by atoms with Gasteiger partial charge >= 0.3 is 0 Å². The Bertz CT molecular complexity index is 516. The molecule has 1 heterocycles. The van der Waals surface area contributed by atoms with Crippen molar-refractivity contribution in [2.24, 2.45) is 0 Å². The molecule has 0 spiro atoms. The van der Waals surface area contributed by atoms with E-state index in [0.717, 1.165) is 38.3 Å². The third-order valence-electron chi connectivity index (χ3n) is 4.39. The van der Waals surface area contributed by atoms with Gasteiger partial charge in [0.2, 0.25) is 5.91 Å². The minimum absolute atomic E-state index is 0.124. The zero-order valence-electron chi connectivity index (χ0n) is 14.7. The van der Waals surface area contributed by atoms with Gasteiger partial charge in [0.1, 0.15) is 11.8 Å². The molecule has 128 valence electrons. The van der Waals surface area contributed by atoms with Gasteiger partial charge < -0.3 is 15.3 Å². The molecule has 0 aliphatic carbocycles. The van der Waals surface area contributed by atoms with Crippen LogP contribution in [0.3, 0.4) is 0 Å². The Hall–Kier alpha value is -1.59. The van der Waals surface area contributed by atoms with Crippen molar-refractivity contribution in [3.8, 4) is 5.75 Å². The van der Waals surface area contributed by atoms with Gasteiger partial charge in [-0.2, -0.15) is 0 Å². The van der Waals surface area contributed by atoms with Crippen LogP contribution in [-0.2, 0) is 4.79 Å². The fourth-order valence-corrected chi connectivity index (χ4v) is 3.21. The van der Waals surface area contributed by atoms with Crippen molar-refractivity contribution in [3.05, 3.63) is 29.8 Å². The van der Waals surface area contributed by atoms with Crippen molar-refractivity contribution in [3.63, 3.8) is 0 Å². The first-order valence-electron chi connectivity index (χ1n) is 8.39. The highest BCUT2D eigenvalue weighted by Gasteiger charge is 2.36. The molecule has 23 heavy (non-hydrogen) atoms. The van der Waals surface area contributed by atoms with Gasteiger partial charge in [-0.15, -0.1) is 0 Å². The molecule has 1 atom stereocenters. The number of aromatic hydroxyl groups is 1. The number of hydrogen-bond donors (Lipinski definition) is 2. The molecule has 1 aliphatic rings. The Morgan fingerprint density at radius 3 is 2.30 bits per heavy atom. The maximum absolute atomic E-state index is 13.2. The molecule has 1 aromatic carbocycles. The number of phenolic OH excluding ortho intramolecular Hbond substituents is 1. The zero-order chi connectivity index (χ0) is 17.0. The molecule has 1 aliphatic heterocycles. The van der Waals surface area contributed by atoms with Crippen molar-refractivity contribution < 1.29 is 9.90 Å². The lowest BCUT2D eigenvalue weighted by atomic mass is 9.96. The van der Waals surface area contributed by atoms with E-state index in [1.807, 2.05) is 17.0 Å². The number of hydrogen-bond acceptors (Lipinski definition) is 4. The molecule has 0 bridgehead atoms. The molecule has 1 saturated heterocycles. The summed E-state index contributed by atoms with van der Waals surface area (Å²) in [5, 5.41) is 12.9. The minimum atomic E-state index is -0.321. The van der Waals surface area contributed by atoms with E-state index in [1.165, 1.54) is 0 Å². The summed E-state index contributed by atoms with van der Waals surface area (Å²) in [6, 6.07) is 6.70. The van der Waals surface area contributed by atoms with Crippen molar-refractivity contribution in [1.82, 2.24) is 15.1 Å². The van der Waals surface area contributed by atoms with E-state index in [1.54, 1.807) is 12.1 Å². The molecule has 2 N–H and O–H groups in total. The number of nitrogens with one attached hydrogen (secondary N) is 1. The number of nitrogens with zero attached hydrogens (tertiary/aromatic N) is 2. The second-order valence-electron chi connectivity index (χ2n) is 7.03. The maximum atomic E-state index is 13.2. The third kappa shape index (κ3) is 4.24. The smallest absolute Gasteiger partial charge is 0.244 e. The van der Waals surface area contributed by atoms with Crippen molar-refractivity contribution in [1.29, 1.82) is 0 Å².